The second kappa shape index (κ2) is 6.02. The van der Waals surface area contributed by atoms with E-state index in [2.05, 4.69) is 21.2 Å². The van der Waals surface area contributed by atoms with Crippen LogP contribution in [-0.4, -0.2) is 10.5 Å². The van der Waals surface area contributed by atoms with E-state index in [4.69, 9.17) is 0 Å². The zero-order valence-electron chi connectivity index (χ0n) is 10.5. The quantitative estimate of drug-likeness (QED) is 0.904. The molecule has 0 aliphatic carbocycles. The van der Waals surface area contributed by atoms with E-state index in [1.165, 1.54) is 12.1 Å². The highest BCUT2D eigenvalue weighted by Crippen LogP contribution is 2.23. The minimum absolute atomic E-state index is 0.246. The summed E-state index contributed by atoms with van der Waals surface area (Å²) in [5.74, 6) is -0.632. The number of halogens is 2. The van der Waals surface area contributed by atoms with Crippen molar-refractivity contribution in [3.8, 4) is 0 Å². The van der Waals surface area contributed by atoms with Crippen molar-refractivity contribution >= 4 is 27.5 Å². The summed E-state index contributed by atoms with van der Waals surface area (Å²) >= 11 is 3.28. The van der Waals surface area contributed by atoms with E-state index in [0.29, 0.717) is 15.9 Å². The monoisotopic (exact) mass is 324 g/mol. The van der Waals surface area contributed by atoms with Crippen molar-refractivity contribution in [2.45, 2.75) is 19.9 Å². The first-order valence-electron chi connectivity index (χ1n) is 6.03. The molecule has 0 spiro atoms. The predicted molar refractivity (Wildman–Crippen MR) is 76.8 cm³/mol. The van der Waals surface area contributed by atoms with Crippen LogP contribution in [0.4, 0.5) is 10.1 Å². The molecule has 0 fully saturated rings. The van der Waals surface area contributed by atoms with Crippen LogP contribution in [0.15, 0.2) is 41.0 Å². The van der Waals surface area contributed by atoms with Crippen molar-refractivity contribution in [2.24, 2.45) is 0 Å². The highest BCUT2D eigenvalue weighted by atomic mass is 79.9. The Hall–Kier alpha value is -1.62. The molecule has 5 heteroatoms. The molecule has 1 heterocycles. The fraction of sp³-hybridized carbons (Fsp3) is 0.214. The molecule has 19 heavy (non-hydrogen) atoms. The van der Waals surface area contributed by atoms with E-state index in [9.17, 15) is 9.18 Å². The van der Waals surface area contributed by atoms with Crippen LogP contribution in [-0.2, 0) is 6.54 Å². The van der Waals surface area contributed by atoms with E-state index < -0.39 is 0 Å². The number of aryl methyl sites for hydroxylation is 1. The number of nitrogens with zero attached hydrogens (tertiary/aromatic N) is 1. The Morgan fingerprint density at radius 1 is 1.42 bits per heavy atom. The molecule has 0 bridgehead atoms. The molecule has 3 nitrogen and oxygen atoms in total. The standard InChI is InChI=1S/C14H14BrFN2O/c1-2-7-18-8-3-4-13(18)14(19)17-12-9-10(16)5-6-11(12)15/h3-6,8-9H,2,7H2,1H3,(H,17,19). The maximum atomic E-state index is 13.2. The summed E-state index contributed by atoms with van der Waals surface area (Å²) in [4.78, 5) is 12.2. The molecule has 2 rings (SSSR count). The molecule has 0 unspecified atom stereocenters. The highest BCUT2D eigenvalue weighted by Gasteiger charge is 2.12. The number of anilines is 1. The fourth-order valence-electron chi connectivity index (χ4n) is 1.84. The van der Waals surface area contributed by atoms with Gasteiger partial charge in [-0.1, -0.05) is 6.92 Å². The van der Waals surface area contributed by atoms with Crippen LogP contribution < -0.4 is 5.32 Å². The molecular formula is C14H14BrFN2O. The SMILES string of the molecule is CCCn1cccc1C(=O)Nc1cc(F)ccc1Br. The molecule has 0 aliphatic heterocycles. The second-order valence-corrected chi connectivity index (χ2v) is 5.02. The Bertz CT molecular complexity index is 595. The normalized spacial score (nSPS) is 10.5. The summed E-state index contributed by atoms with van der Waals surface area (Å²) in [5, 5.41) is 2.71. The van der Waals surface area contributed by atoms with Gasteiger partial charge in [0.25, 0.3) is 5.91 Å². The number of carbonyl (C=O) groups is 1. The van der Waals surface area contributed by atoms with Gasteiger partial charge in [0.1, 0.15) is 11.5 Å². The highest BCUT2D eigenvalue weighted by molar-refractivity contribution is 9.10. The van der Waals surface area contributed by atoms with Gasteiger partial charge in [-0.15, -0.1) is 0 Å². The fourth-order valence-corrected chi connectivity index (χ4v) is 2.18. The zero-order valence-corrected chi connectivity index (χ0v) is 12.1. The summed E-state index contributed by atoms with van der Waals surface area (Å²) < 4.78 is 15.7. The van der Waals surface area contributed by atoms with Gasteiger partial charge in [0.05, 0.1) is 5.69 Å². The predicted octanol–water partition coefficient (Wildman–Crippen LogP) is 4.05. The molecule has 0 saturated carbocycles. The molecule has 0 saturated heterocycles. The van der Waals surface area contributed by atoms with E-state index in [1.54, 1.807) is 12.1 Å². The Kier molecular flexibility index (Phi) is 4.37. The minimum atomic E-state index is -0.387. The molecule has 1 amide bonds. The number of amides is 1. The average Bonchev–Trinajstić information content (AvgIpc) is 2.82. The lowest BCUT2D eigenvalue weighted by molar-refractivity contribution is 0.101. The van der Waals surface area contributed by atoms with Gasteiger partial charge in [0.2, 0.25) is 0 Å². The third kappa shape index (κ3) is 3.23. The molecule has 0 radical (unpaired) electrons. The van der Waals surface area contributed by atoms with Crippen LogP contribution in [0.1, 0.15) is 23.8 Å². The third-order valence-corrected chi connectivity index (χ3v) is 3.39. The first-order valence-corrected chi connectivity index (χ1v) is 6.82. The Morgan fingerprint density at radius 2 is 2.21 bits per heavy atom. The maximum Gasteiger partial charge on any atom is 0.272 e. The van der Waals surface area contributed by atoms with Gasteiger partial charge in [-0.2, -0.15) is 0 Å². The van der Waals surface area contributed by atoms with Gasteiger partial charge < -0.3 is 9.88 Å². The molecule has 1 N–H and O–H groups in total. The first-order chi connectivity index (χ1) is 9.11. The van der Waals surface area contributed by atoms with Crippen molar-refractivity contribution in [2.75, 3.05) is 5.32 Å². The molecule has 1 aromatic heterocycles. The molecule has 1 aromatic carbocycles. The lowest BCUT2D eigenvalue weighted by atomic mass is 10.3. The lowest BCUT2D eigenvalue weighted by Gasteiger charge is -2.10. The Labute approximate surface area is 119 Å². The zero-order chi connectivity index (χ0) is 13.8. The van der Waals surface area contributed by atoms with Gasteiger partial charge in [-0.05, 0) is 52.7 Å². The van der Waals surface area contributed by atoms with Crippen LogP contribution in [0.5, 0.6) is 0 Å². The largest absolute Gasteiger partial charge is 0.344 e. The second-order valence-electron chi connectivity index (χ2n) is 4.17. The van der Waals surface area contributed by atoms with Crippen LogP contribution in [0.25, 0.3) is 0 Å². The first kappa shape index (κ1) is 13.8. The van der Waals surface area contributed by atoms with Crippen molar-refractivity contribution in [1.82, 2.24) is 4.57 Å². The molecule has 100 valence electrons. The summed E-state index contributed by atoms with van der Waals surface area (Å²) in [6.07, 6.45) is 2.80. The number of nitrogens with one attached hydrogen (secondary N) is 1. The molecule has 0 atom stereocenters. The van der Waals surface area contributed by atoms with E-state index in [0.717, 1.165) is 13.0 Å². The number of aromatic nitrogens is 1. The van der Waals surface area contributed by atoms with Gasteiger partial charge in [-0.3, -0.25) is 4.79 Å². The Balaban J connectivity index is 2.21. The summed E-state index contributed by atoms with van der Waals surface area (Å²) in [5.41, 5.74) is 0.993. The van der Waals surface area contributed by atoms with Crippen LogP contribution >= 0.6 is 15.9 Å². The molecule has 0 aliphatic rings. The number of benzene rings is 1. The van der Waals surface area contributed by atoms with E-state index in [1.807, 2.05) is 23.8 Å². The summed E-state index contributed by atoms with van der Waals surface area (Å²) in [7, 11) is 0. The molecular weight excluding hydrogens is 311 g/mol. The topological polar surface area (TPSA) is 34.0 Å². The molecule has 2 aromatic rings. The third-order valence-electron chi connectivity index (χ3n) is 2.70. The van der Waals surface area contributed by atoms with Crippen molar-refractivity contribution in [1.29, 1.82) is 0 Å². The lowest BCUT2D eigenvalue weighted by Crippen LogP contribution is -2.17. The van der Waals surface area contributed by atoms with Crippen LogP contribution in [0.2, 0.25) is 0 Å². The van der Waals surface area contributed by atoms with E-state index >= 15 is 0 Å². The van der Waals surface area contributed by atoms with E-state index in [-0.39, 0.29) is 11.7 Å². The smallest absolute Gasteiger partial charge is 0.272 e. The summed E-state index contributed by atoms with van der Waals surface area (Å²) in [6.45, 7) is 2.82. The van der Waals surface area contributed by atoms with Gasteiger partial charge in [0, 0.05) is 17.2 Å². The van der Waals surface area contributed by atoms with Gasteiger partial charge in [-0.25, -0.2) is 4.39 Å². The number of hydrogen-bond acceptors (Lipinski definition) is 1. The minimum Gasteiger partial charge on any atom is -0.344 e. The van der Waals surface area contributed by atoms with Crippen molar-refractivity contribution in [3.05, 3.63) is 52.5 Å². The van der Waals surface area contributed by atoms with Crippen LogP contribution in [0.3, 0.4) is 0 Å². The van der Waals surface area contributed by atoms with Crippen LogP contribution in [0, 0.1) is 5.82 Å². The van der Waals surface area contributed by atoms with Gasteiger partial charge in [0.15, 0.2) is 0 Å². The Morgan fingerprint density at radius 3 is 2.95 bits per heavy atom. The number of hydrogen-bond donors (Lipinski definition) is 1. The summed E-state index contributed by atoms with van der Waals surface area (Å²) in [6, 6.07) is 7.76. The maximum absolute atomic E-state index is 13.2. The number of rotatable bonds is 4. The average molecular weight is 325 g/mol. The number of carbonyl (C=O) groups excluding carboxylic acids is 1. The van der Waals surface area contributed by atoms with Crippen molar-refractivity contribution in [3.63, 3.8) is 0 Å². The van der Waals surface area contributed by atoms with Crippen molar-refractivity contribution < 1.29 is 9.18 Å². The van der Waals surface area contributed by atoms with Gasteiger partial charge >= 0.3 is 0 Å².